The van der Waals surface area contributed by atoms with E-state index in [1.165, 1.54) is 0 Å². The van der Waals surface area contributed by atoms with Gasteiger partial charge in [0.05, 0.1) is 0 Å². The van der Waals surface area contributed by atoms with Crippen molar-refractivity contribution in [3.05, 3.63) is 0 Å². The molecule has 0 bridgehead atoms. The predicted molar refractivity (Wildman–Crippen MR) is 54.5 cm³/mol. The van der Waals surface area contributed by atoms with Crippen LogP contribution in [0, 0.1) is 5.92 Å². The van der Waals surface area contributed by atoms with E-state index in [2.05, 4.69) is 10.6 Å². The van der Waals surface area contributed by atoms with E-state index in [1.54, 1.807) is 0 Å². The summed E-state index contributed by atoms with van der Waals surface area (Å²) in [5.74, 6) is -0.913. The lowest BCUT2D eigenvalue weighted by molar-refractivity contribution is -0.139. The maximum Gasteiger partial charge on any atom is 0.309 e. The fourth-order valence-electron chi connectivity index (χ4n) is 0.705. The highest BCUT2D eigenvalue weighted by Crippen LogP contribution is 1.98. The Kier molecular flexibility index (Phi) is 5.87. The smallest absolute Gasteiger partial charge is 0.309 e. The number of amides is 2. The molecule has 0 radical (unpaired) electrons. The van der Waals surface area contributed by atoms with E-state index in [0.717, 1.165) is 0 Å². The van der Waals surface area contributed by atoms with Crippen molar-refractivity contribution in [2.75, 3.05) is 13.1 Å². The van der Waals surface area contributed by atoms with Crippen molar-refractivity contribution in [3.8, 4) is 0 Å². The van der Waals surface area contributed by atoms with Crippen LogP contribution in [0.2, 0.25) is 0 Å². The first-order valence-electron chi connectivity index (χ1n) is 4.77. The molecule has 0 fully saturated rings. The Bertz CT molecular complexity index is 204. The number of carbonyl (C=O) groups is 2. The average Bonchev–Trinajstić information content (AvgIpc) is 2.13. The number of nitrogens with one attached hydrogen (secondary N) is 2. The van der Waals surface area contributed by atoms with Gasteiger partial charge in [0.1, 0.15) is 0 Å². The number of nitrogens with two attached hydrogens (primary N) is 1. The van der Waals surface area contributed by atoms with Crippen molar-refractivity contribution >= 4 is 11.8 Å². The third kappa shape index (κ3) is 4.81. The van der Waals surface area contributed by atoms with Crippen molar-refractivity contribution in [2.24, 2.45) is 11.7 Å². The van der Waals surface area contributed by atoms with Crippen LogP contribution >= 0.6 is 0 Å². The van der Waals surface area contributed by atoms with E-state index in [4.69, 9.17) is 5.73 Å². The molecule has 0 saturated carbocycles. The lowest BCUT2D eigenvalue weighted by Gasteiger charge is -2.16. The third-order valence-corrected chi connectivity index (χ3v) is 1.99. The van der Waals surface area contributed by atoms with E-state index >= 15 is 0 Å². The standard InChI is InChI=1S/C9H19N3O2/c1-6(2)7(3)12-9(14)8(13)11-5-4-10/h6-7H,4-5,10H2,1-3H3,(H,11,13)(H,12,14). The molecule has 0 heterocycles. The van der Waals surface area contributed by atoms with Gasteiger partial charge in [0.2, 0.25) is 0 Å². The summed E-state index contributed by atoms with van der Waals surface area (Å²) in [6.07, 6.45) is 0. The fraction of sp³-hybridized carbons (Fsp3) is 0.778. The van der Waals surface area contributed by atoms with Gasteiger partial charge in [0.25, 0.3) is 0 Å². The highest BCUT2D eigenvalue weighted by atomic mass is 16.2. The monoisotopic (exact) mass is 201 g/mol. The highest BCUT2D eigenvalue weighted by Gasteiger charge is 2.16. The second kappa shape index (κ2) is 6.37. The van der Waals surface area contributed by atoms with Crippen LogP contribution in [0.1, 0.15) is 20.8 Å². The van der Waals surface area contributed by atoms with E-state index in [9.17, 15) is 9.59 Å². The zero-order chi connectivity index (χ0) is 11.1. The van der Waals surface area contributed by atoms with Crippen molar-refractivity contribution in [3.63, 3.8) is 0 Å². The molecule has 0 aliphatic carbocycles. The van der Waals surface area contributed by atoms with Gasteiger partial charge in [-0.2, -0.15) is 0 Å². The molecule has 0 aliphatic heterocycles. The Morgan fingerprint density at radius 2 is 1.79 bits per heavy atom. The van der Waals surface area contributed by atoms with E-state index in [1.807, 2.05) is 20.8 Å². The minimum absolute atomic E-state index is 0.00822. The van der Waals surface area contributed by atoms with Crippen LogP contribution in [0.25, 0.3) is 0 Å². The molecule has 82 valence electrons. The first-order valence-corrected chi connectivity index (χ1v) is 4.77. The first-order chi connectivity index (χ1) is 6.49. The Balaban J connectivity index is 3.89. The Morgan fingerprint density at radius 3 is 2.21 bits per heavy atom. The summed E-state index contributed by atoms with van der Waals surface area (Å²) in [6, 6.07) is -0.00822. The molecule has 0 aromatic heterocycles. The van der Waals surface area contributed by atoms with Gasteiger partial charge in [0.15, 0.2) is 0 Å². The quantitative estimate of drug-likeness (QED) is 0.522. The Morgan fingerprint density at radius 1 is 1.21 bits per heavy atom. The van der Waals surface area contributed by atoms with Crippen molar-refractivity contribution < 1.29 is 9.59 Å². The molecule has 5 nitrogen and oxygen atoms in total. The van der Waals surface area contributed by atoms with Crippen LogP contribution in [0.5, 0.6) is 0 Å². The van der Waals surface area contributed by atoms with Crippen LogP contribution in [0.15, 0.2) is 0 Å². The largest absolute Gasteiger partial charge is 0.347 e. The third-order valence-electron chi connectivity index (χ3n) is 1.99. The molecule has 5 heteroatoms. The maximum atomic E-state index is 11.2. The number of carbonyl (C=O) groups excluding carboxylic acids is 2. The molecule has 0 aromatic carbocycles. The zero-order valence-corrected chi connectivity index (χ0v) is 8.96. The Labute approximate surface area is 84.4 Å². The lowest BCUT2D eigenvalue weighted by Crippen LogP contribution is -2.46. The molecule has 0 saturated heterocycles. The van der Waals surface area contributed by atoms with Gasteiger partial charge >= 0.3 is 11.8 Å². The molecule has 0 aliphatic rings. The van der Waals surface area contributed by atoms with Crippen LogP contribution < -0.4 is 16.4 Å². The summed E-state index contributed by atoms with van der Waals surface area (Å²) in [7, 11) is 0. The van der Waals surface area contributed by atoms with Gasteiger partial charge in [-0.05, 0) is 12.8 Å². The molecule has 1 unspecified atom stereocenters. The molecule has 0 rings (SSSR count). The van der Waals surface area contributed by atoms with E-state index in [-0.39, 0.29) is 6.04 Å². The topological polar surface area (TPSA) is 84.2 Å². The number of hydrogen-bond donors (Lipinski definition) is 3. The number of rotatable bonds is 4. The van der Waals surface area contributed by atoms with E-state index < -0.39 is 11.8 Å². The SMILES string of the molecule is CC(C)C(C)NC(=O)C(=O)NCCN. The van der Waals surface area contributed by atoms with Gasteiger partial charge in [-0.25, -0.2) is 0 Å². The van der Waals surface area contributed by atoms with Gasteiger partial charge < -0.3 is 16.4 Å². The number of hydrogen-bond acceptors (Lipinski definition) is 3. The molecular weight excluding hydrogens is 182 g/mol. The van der Waals surface area contributed by atoms with Gasteiger partial charge in [-0.1, -0.05) is 13.8 Å². The first kappa shape index (κ1) is 12.9. The lowest BCUT2D eigenvalue weighted by atomic mass is 10.1. The second-order valence-corrected chi connectivity index (χ2v) is 3.55. The zero-order valence-electron chi connectivity index (χ0n) is 8.96. The van der Waals surface area contributed by atoms with Gasteiger partial charge in [0, 0.05) is 19.1 Å². The molecule has 2 amide bonds. The summed E-state index contributed by atoms with van der Waals surface area (Å²) in [4.78, 5) is 22.3. The van der Waals surface area contributed by atoms with Crippen LogP contribution in [0.4, 0.5) is 0 Å². The molecule has 0 aromatic rings. The van der Waals surface area contributed by atoms with Crippen LogP contribution in [-0.2, 0) is 9.59 Å². The summed E-state index contributed by atoms with van der Waals surface area (Å²) >= 11 is 0. The van der Waals surface area contributed by atoms with Crippen LogP contribution in [-0.4, -0.2) is 30.9 Å². The van der Waals surface area contributed by atoms with E-state index in [0.29, 0.717) is 19.0 Å². The summed E-state index contributed by atoms with van der Waals surface area (Å²) in [5.41, 5.74) is 5.18. The summed E-state index contributed by atoms with van der Waals surface area (Å²) in [6.45, 7) is 6.46. The Hall–Kier alpha value is -1.10. The van der Waals surface area contributed by atoms with Gasteiger partial charge in [-0.3, -0.25) is 9.59 Å². The van der Waals surface area contributed by atoms with Gasteiger partial charge in [-0.15, -0.1) is 0 Å². The molecular formula is C9H19N3O2. The fourth-order valence-corrected chi connectivity index (χ4v) is 0.705. The average molecular weight is 201 g/mol. The van der Waals surface area contributed by atoms with Crippen LogP contribution in [0.3, 0.4) is 0 Å². The predicted octanol–water partition coefficient (Wildman–Crippen LogP) is -0.778. The summed E-state index contributed by atoms with van der Waals surface area (Å²) in [5, 5.41) is 5.00. The molecule has 0 spiro atoms. The minimum atomic E-state index is -0.622. The van der Waals surface area contributed by atoms with Crippen molar-refractivity contribution in [1.29, 1.82) is 0 Å². The van der Waals surface area contributed by atoms with Crippen molar-refractivity contribution in [2.45, 2.75) is 26.8 Å². The molecule has 4 N–H and O–H groups in total. The molecule has 14 heavy (non-hydrogen) atoms. The summed E-state index contributed by atoms with van der Waals surface area (Å²) < 4.78 is 0. The molecule has 1 atom stereocenters. The normalized spacial score (nSPS) is 12.4. The second-order valence-electron chi connectivity index (χ2n) is 3.55. The minimum Gasteiger partial charge on any atom is -0.347 e. The highest BCUT2D eigenvalue weighted by molar-refractivity contribution is 6.35. The van der Waals surface area contributed by atoms with Crippen molar-refractivity contribution in [1.82, 2.24) is 10.6 Å². The maximum absolute atomic E-state index is 11.2.